The predicted molar refractivity (Wildman–Crippen MR) is 69.3 cm³/mol. The molecule has 0 spiro atoms. The van der Waals surface area contributed by atoms with Gasteiger partial charge in [-0.3, -0.25) is 4.79 Å². The first-order valence-electron chi connectivity index (χ1n) is 5.89. The van der Waals surface area contributed by atoms with Crippen LogP contribution in [0.25, 0.3) is 0 Å². The number of sulfone groups is 1. The lowest BCUT2D eigenvalue weighted by Gasteiger charge is -2.15. The van der Waals surface area contributed by atoms with Crippen LogP contribution in [0.3, 0.4) is 0 Å². The molecule has 5 nitrogen and oxygen atoms in total. The van der Waals surface area contributed by atoms with Gasteiger partial charge >= 0.3 is 5.97 Å². The van der Waals surface area contributed by atoms with Gasteiger partial charge in [0.25, 0.3) is 0 Å². The highest BCUT2D eigenvalue weighted by Crippen LogP contribution is 2.52. The third kappa shape index (κ3) is 2.73. The van der Waals surface area contributed by atoms with E-state index < -0.39 is 15.8 Å². The van der Waals surface area contributed by atoms with E-state index in [2.05, 4.69) is 0 Å². The molecule has 0 aliphatic heterocycles. The van der Waals surface area contributed by atoms with E-state index in [0.717, 1.165) is 24.7 Å². The summed E-state index contributed by atoms with van der Waals surface area (Å²) in [5.74, 6) is -0.569. The van der Waals surface area contributed by atoms with Crippen LogP contribution in [-0.2, 0) is 20.0 Å². The largest absolute Gasteiger partial charge is 0.495 e. The molecule has 0 radical (unpaired) electrons. The van der Waals surface area contributed by atoms with Crippen LogP contribution < -0.4 is 4.74 Å². The zero-order valence-corrected chi connectivity index (χ0v) is 11.7. The first-order chi connectivity index (χ1) is 8.78. The van der Waals surface area contributed by atoms with Crippen LogP contribution >= 0.6 is 0 Å². The predicted octanol–water partition coefficient (Wildman–Crippen LogP) is 1.60. The Kier molecular flexibility index (Phi) is 3.30. The molecule has 0 amide bonds. The van der Waals surface area contributed by atoms with Crippen molar-refractivity contribution < 1.29 is 23.1 Å². The lowest BCUT2D eigenvalue weighted by molar-refractivity contribution is -0.137. The number of ether oxygens (including phenoxy) is 1. The minimum Gasteiger partial charge on any atom is -0.495 e. The van der Waals surface area contributed by atoms with Gasteiger partial charge in [-0.05, 0) is 30.5 Å². The minimum atomic E-state index is -3.35. The van der Waals surface area contributed by atoms with Crippen molar-refractivity contribution in [2.75, 3.05) is 13.4 Å². The monoisotopic (exact) mass is 284 g/mol. The van der Waals surface area contributed by atoms with E-state index in [1.165, 1.54) is 13.2 Å². The lowest BCUT2D eigenvalue weighted by Crippen LogP contribution is -2.13. The van der Waals surface area contributed by atoms with Crippen LogP contribution in [0.2, 0.25) is 0 Å². The Hall–Kier alpha value is -1.56. The minimum absolute atomic E-state index is 0.0639. The summed E-state index contributed by atoms with van der Waals surface area (Å²) < 4.78 is 28.3. The van der Waals surface area contributed by atoms with E-state index in [-0.39, 0.29) is 22.5 Å². The van der Waals surface area contributed by atoms with Gasteiger partial charge in [-0.1, -0.05) is 6.07 Å². The van der Waals surface area contributed by atoms with Crippen molar-refractivity contribution in [2.45, 2.75) is 29.6 Å². The van der Waals surface area contributed by atoms with E-state index in [0.29, 0.717) is 0 Å². The molecule has 1 aromatic carbocycles. The molecule has 1 aliphatic rings. The number of carboxylic acids is 1. The molecule has 0 saturated heterocycles. The maximum atomic E-state index is 11.6. The van der Waals surface area contributed by atoms with Crippen LogP contribution in [0.1, 0.15) is 24.8 Å². The van der Waals surface area contributed by atoms with Crippen LogP contribution in [0.15, 0.2) is 23.1 Å². The fraction of sp³-hybridized carbons (Fsp3) is 0.462. The normalized spacial score (nSPS) is 16.9. The van der Waals surface area contributed by atoms with E-state index in [4.69, 9.17) is 9.84 Å². The van der Waals surface area contributed by atoms with E-state index in [9.17, 15) is 13.2 Å². The number of carboxylic acid groups (broad SMARTS) is 1. The Morgan fingerprint density at radius 2 is 2.05 bits per heavy atom. The smallest absolute Gasteiger partial charge is 0.304 e. The van der Waals surface area contributed by atoms with E-state index in [1.54, 1.807) is 12.1 Å². The fourth-order valence-electron chi connectivity index (χ4n) is 2.31. The second kappa shape index (κ2) is 4.52. The van der Waals surface area contributed by atoms with Crippen molar-refractivity contribution in [1.82, 2.24) is 0 Å². The molecule has 0 bridgehead atoms. The molecular weight excluding hydrogens is 268 g/mol. The lowest BCUT2D eigenvalue weighted by atomic mass is 9.92. The summed E-state index contributed by atoms with van der Waals surface area (Å²) >= 11 is 0. The molecule has 1 aromatic rings. The number of aliphatic carboxylic acids is 1. The van der Waals surface area contributed by atoms with E-state index >= 15 is 0 Å². The molecule has 0 atom stereocenters. The van der Waals surface area contributed by atoms with Crippen molar-refractivity contribution in [3.05, 3.63) is 23.8 Å². The number of methoxy groups -OCH3 is 1. The highest BCUT2D eigenvalue weighted by molar-refractivity contribution is 7.90. The highest BCUT2D eigenvalue weighted by Gasteiger charge is 2.46. The number of hydrogen-bond acceptors (Lipinski definition) is 4. The SMILES string of the molecule is COc1cc(C2(CC(=O)O)CC2)ccc1S(C)(=O)=O. The van der Waals surface area contributed by atoms with Crippen LogP contribution in [-0.4, -0.2) is 32.9 Å². The zero-order chi connectivity index (χ0) is 14.3. The molecule has 1 aliphatic carbocycles. The standard InChI is InChI=1S/C13H16O5S/c1-18-10-7-9(3-4-11(10)19(2,16)17)13(5-6-13)8-12(14)15/h3-4,7H,5-6,8H2,1-2H3,(H,14,15). The topological polar surface area (TPSA) is 80.7 Å². The second-order valence-corrected chi connectivity index (χ2v) is 6.97. The fourth-order valence-corrected chi connectivity index (χ4v) is 3.13. The average molecular weight is 284 g/mol. The summed E-state index contributed by atoms with van der Waals surface area (Å²) in [6.07, 6.45) is 2.80. The molecule has 19 heavy (non-hydrogen) atoms. The molecule has 1 saturated carbocycles. The average Bonchev–Trinajstić information content (AvgIpc) is 3.07. The summed E-state index contributed by atoms with van der Waals surface area (Å²) in [7, 11) is -1.94. The zero-order valence-electron chi connectivity index (χ0n) is 10.8. The van der Waals surface area contributed by atoms with Crippen molar-refractivity contribution >= 4 is 15.8 Å². The van der Waals surface area contributed by atoms with Crippen LogP contribution in [0, 0.1) is 0 Å². The van der Waals surface area contributed by atoms with Gasteiger partial charge in [0.1, 0.15) is 10.6 Å². The van der Waals surface area contributed by atoms with Gasteiger partial charge in [-0.2, -0.15) is 0 Å². The first kappa shape index (κ1) is 13.9. The summed E-state index contributed by atoms with van der Waals surface area (Å²) in [6.45, 7) is 0. The van der Waals surface area contributed by atoms with Crippen molar-refractivity contribution in [3.63, 3.8) is 0 Å². The second-order valence-electron chi connectivity index (χ2n) is 4.99. The Morgan fingerprint density at radius 3 is 2.47 bits per heavy atom. The van der Waals surface area contributed by atoms with Crippen molar-refractivity contribution in [1.29, 1.82) is 0 Å². The third-order valence-electron chi connectivity index (χ3n) is 3.52. The quantitative estimate of drug-likeness (QED) is 0.888. The van der Waals surface area contributed by atoms with Gasteiger partial charge in [0, 0.05) is 11.7 Å². The Bertz CT molecular complexity index is 614. The van der Waals surface area contributed by atoms with E-state index in [1.807, 2.05) is 0 Å². The van der Waals surface area contributed by atoms with Gasteiger partial charge in [0.05, 0.1) is 13.5 Å². The Labute approximate surface area is 112 Å². The van der Waals surface area contributed by atoms with Crippen molar-refractivity contribution in [2.24, 2.45) is 0 Å². The van der Waals surface area contributed by atoms with Crippen LogP contribution in [0.5, 0.6) is 5.75 Å². The van der Waals surface area contributed by atoms with Crippen LogP contribution in [0.4, 0.5) is 0 Å². The maximum absolute atomic E-state index is 11.6. The number of benzene rings is 1. The molecule has 6 heteroatoms. The van der Waals surface area contributed by atoms with Gasteiger partial charge in [-0.15, -0.1) is 0 Å². The Balaban J connectivity index is 2.43. The molecule has 104 valence electrons. The van der Waals surface area contributed by atoms with Crippen molar-refractivity contribution in [3.8, 4) is 5.75 Å². The molecular formula is C13H16O5S. The number of carbonyl (C=O) groups is 1. The first-order valence-corrected chi connectivity index (χ1v) is 7.78. The molecule has 1 N–H and O–H groups in total. The Morgan fingerprint density at radius 1 is 1.42 bits per heavy atom. The van der Waals surface area contributed by atoms with Gasteiger partial charge < -0.3 is 9.84 Å². The summed E-state index contributed by atoms with van der Waals surface area (Å²) in [6, 6.07) is 4.83. The molecule has 0 heterocycles. The molecule has 0 unspecified atom stereocenters. The summed E-state index contributed by atoms with van der Waals surface area (Å²) in [5, 5.41) is 8.93. The van der Waals surface area contributed by atoms with Gasteiger partial charge in [0.15, 0.2) is 9.84 Å². The van der Waals surface area contributed by atoms with Gasteiger partial charge in [0.2, 0.25) is 0 Å². The number of hydrogen-bond donors (Lipinski definition) is 1. The maximum Gasteiger partial charge on any atom is 0.304 e. The molecule has 1 fully saturated rings. The molecule has 0 aromatic heterocycles. The van der Waals surface area contributed by atoms with Gasteiger partial charge in [-0.25, -0.2) is 8.42 Å². The number of rotatable bonds is 5. The highest BCUT2D eigenvalue weighted by atomic mass is 32.2. The summed E-state index contributed by atoms with van der Waals surface area (Å²) in [4.78, 5) is 11.0. The third-order valence-corrected chi connectivity index (χ3v) is 4.65. The summed E-state index contributed by atoms with van der Waals surface area (Å²) in [5.41, 5.74) is 0.481. The molecule has 2 rings (SSSR count).